The predicted octanol–water partition coefficient (Wildman–Crippen LogP) is 3.52. The van der Waals surface area contributed by atoms with Crippen molar-refractivity contribution in [1.82, 2.24) is 9.55 Å². The van der Waals surface area contributed by atoms with Gasteiger partial charge in [0.15, 0.2) is 0 Å². The van der Waals surface area contributed by atoms with E-state index in [9.17, 15) is 0 Å². The molecule has 118 valence electrons. The van der Waals surface area contributed by atoms with E-state index in [1.54, 1.807) is 0 Å². The van der Waals surface area contributed by atoms with Crippen LogP contribution in [0.5, 0.6) is 5.75 Å². The number of fused-ring (bicyclic) bond motifs is 1. The summed E-state index contributed by atoms with van der Waals surface area (Å²) in [7, 11) is 0. The molecule has 2 aromatic carbocycles. The van der Waals surface area contributed by atoms with Gasteiger partial charge in [0.2, 0.25) is 0 Å². The molecule has 1 heterocycles. The SMILES string of the molecule is Cc1cc2nc(COc3ccccc3)n(CC(N)=S)c2cc1C. The van der Waals surface area contributed by atoms with Crippen molar-refractivity contribution in [3.05, 3.63) is 59.4 Å². The zero-order valence-electron chi connectivity index (χ0n) is 13.2. The first-order valence-corrected chi connectivity index (χ1v) is 7.88. The molecule has 1 aromatic heterocycles. The first-order chi connectivity index (χ1) is 11.0. The Bertz CT molecular complexity index is 856. The minimum Gasteiger partial charge on any atom is -0.486 e. The summed E-state index contributed by atoms with van der Waals surface area (Å²) in [4.78, 5) is 5.14. The van der Waals surface area contributed by atoms with E-state index in [1.165, 1.54) is 11.1 Å². The number of hydrogen-bond acceptors (Lipinski definition) is 3. The fourth-order valence-corrected chi connectivity index (χ4v) is 2.67. The minimum atomic E-state index is 0.374. The molecule has 0 atom stereocenters. The monoisotopic (exact) mass is 325 g/mol. The van der Waals surface area contributed by atoms with E-state index in [-0.39, 0.29) is 0 Å². The van der Waals surface area contributed by atoms with Crippen LogP contribution in [0.1, 0.15) is 17.0 Å². The first-order valence-electron chi connectivity index (χ1n) is 7.47. The molecule has 0 saturated carbocycles. The van der Waals surface area contributed by atoms with E-state index < -0.39 is 0 Å². The highest BCUT2D eigenvalue weighted by Crippen LogP contribution is 2.22. The third-order valence-corrected chi connectivity index (χ3v) is 4.00. The van der Waals surface area contributed by atoms with Gasteiger partial charge < -0.3 is 15.0 Å². The average molecular weight is 325 g/mol. The van der Waals surface area contributed by atoms with Crippen LogP contribution in [0.2, 0.25) is 0 Å². The van der Waals surface area contributed by atoms with E-state index in [1.807, 2.05) is 34.9 Å². The molecule has 3 aromatic rings. The molecule has 0 saturated heterocycles. The Morgan fingerprint density at radius 1 is 1.17 bits per heavy atom. The van der Waals surface area contributed by atoms with Crippen molar-refractivity contribution >= 4 is 28.2 Å². The Balaban J connectivity index is 1.99. The number of nitrogens with zero attached hydrogens (tertiary/aromatic N) is 2. The number of thiocarbonyl (C=S) groups is 1. The van der Waals surface area contributed by atoms with Gasteiger partial charge in [0.05, 0.1) is 22.6 Å². The van der Waals surface area contributed by atoms with Gasteiger partial charge in [0.1, 0.15) is 18.2 Å². The van der Waals surface area contributed by atoms with Crippen LogP contribution in [0.4, 0.5) is 0 Å². The zero-order valence-corrected chi connectivity index (χ0v) is 14.1. The molecule has 23 heavy (non-hydrogen) atoms. The second-order valence-corrected chi connectivity index (χ2v) is 6.13. The third-order valence-electron chi connectivity index (χ3n) is 3.87. The lowest BCUT2D eigenvalue weighted by atomic mass is 10.1. The fourth-order valence-electron chi connectivity index (χ4n) is 2.54. The number of aryl methyl sites for hydroxylation is 2. The van der Waals surface area contributed by atoms with E-state index in [4.69, 9.17) is 27.7 Å². The number of aromatic nitrogens is 2. The van der Waals surface area contributed by atoms with Crippen LogP contribution in [-0.4, -0.2) is 14.5 Å². The lowest BCUT2D eigenvalue weighted by Gasteiger charge is -2.10. The van der Waals surface area contributed by atoms with Crippen molar-refractivity contribution in [2.24, 2.45) is 5.73 Å². The largest absolute Gasteiger partial charge is 0.486 e. The van der Waals surface area contributed by atoms with Gasteiger partial charge in [-0.2, -0.15) is 0 Å². The number of nitrogens with two attached hydrogens (primary N) is 1. The molecule has 0 radical (unpaired) electrons. The fraction of sp³-hybridized carbons (Fsp3) is 0.222. The van der Waals surface area contributed by atoms with Crippen LogP contribution in [0.25, 0.3) is 11.0 Å². The van der Waals surface area contributed by atoms with Gasteiger partial charge in [-0.05, 0) is 49.2 Å². The maximum absolute atomic E-state index is 5.84. The molecule has 3 rings (SSSR count). The molecule has 0 spiro atoms. The molecule has 2 N–H and O–H groups in total. The molecule has 4 nitrogen and oxygen atoms in total. The molecule has 0 bridgehead atoms. The number of ether oxygens (including phenoxy) is 1. The van der Waals surface area contributed by atoms with Gasteiger partial charge in [0, 0.05) is 0 Å². The summed E-state index contributed by atoms with van der Waals surface area (Å²) in [5.41, 5.74) is 10.2. The van der Waals surface area contributed by atoms with Crippen molar-refractivity contribution < 1.29 is 4.74 Å². The maximum Gasteiger partial charge on any atom is 0.148 e. The van der Waals surface area contributed by atoms with Crippen LogP contribution in [0.15, 0.2) is 42.5 Å². The first kappa shape index (κ1) is 15.5. The molecule has 0 aliphatic carbocycles. The summed E-state index contributed by atoms with van der Waals surface area (Å²) in [6.45, 7) is 5.01. The van der Waals surface area contributed by atoms with Crippen LogP contribution in [-0.2, 0) is 13.2 Å². The highest BCUT2D eigenvalue weighted by atomic mass is 32.1. The van der Waals surface area contributed by atoms with E-state index in [2.05, 4.69) is 26.0 Å². The molecule has 0 amide bonds. The summed E-state index contributed by atoms with van der Waals surface area (Å²) in [6, 6.07) is 13.9. The smallest absolute Gasteiger partial charge is 0.148 e. The topological polar surface area (TPSA) is 53.1 Å². The highest BCUT2D eigenvalue weighted by molar-refractivity contribution is 7.80. The summed E-state index contributed by atoms with van der Waals surface area (Å²) >= 11 is 5.09. The Hall–Kier alpha value is -2.40. The summed E-state index contributed by atoms with van der Waals surface area (Å²) in [5.74, 6) is 1.63. The van der Waals surface area contributed by atoms with E-state index in [0.29, 0.717) is 18.1 Å². The predicted molar refractivity (Wildman–Crippen MR) is 96.8 cm³/mol. The molecular weight excluding hydrogens is 306 g/mol. The van der Waals surface area contributed by atoms with Crippen molar-refractivity contribution in [2.75, 3.05) is 0 Å². The van der Waals surface area contributed by atoms with Gasteiger partial charge in [-0.1, -0.05) is 30.4 Å². The summed E-state index contributed by atoms with van der Waals surface area (Å²) in [5, 5.41) is 0. The number of imidazole rings is 1. The van der Waals surface area contributed by atoms with Gasteiger partial charge in [-0.3, -0.25) is 0 Å². The maximum atomic E-state index is 5.84. The van der Waals surface area contributed by atoms with Crippen molar-refractivity contribution in [3.8, 4) is 5.75 Å². The number of rotatable bonds is 5. The Morgan fingerprint density at radius 2 is 1.87 bits per heavy atom. The average Bonchev–Trinajstić information content (AvgIpc) is 2.83. The van der Waals surface area contributed by atoms with Crippen molar-refractivity contribution in [1.29, 1.82) is 0 Å². The summed E-state index contributed by atoms with van der Waals surface area (Å²) < 4.78 is 7.87. The molecular formula is C18H19N3OS. The number of hydrogen-bond donors (Lipinski definition) is 1. The van der Waals surface area contributed by atoms with Crippen molar-refractivity contribution in [3.63, 3.8) is 0 Å². The lowest BCUT2D eigenvalue weighted by Crippen LogP contribution is -2.19. The normalized spacial score (nSPS) is 10.9. The number of benzene rings is 2. The van der Waals surface area contributed by atoms with Gasteiger partial charge in [0.25, 0.3) is 0 Å². The Labute approximate surface area is 140 Å². The van der Waals surface area contributed by atoms with Gasteiger partial charge in [-0.25, -0.2) is 4.98 Å². The zero-order chi connectivity index (χ0) is 16.4. The summed E-state index contributed by atoms with van der Waals surface area (Å²) in [6.07, 6.45) is 0. The Kier molecular flexibility index (Phi) is 4.30. The lowest BCUT2D eigenvalue weighted by molar-refractivity contribution is 0.292. The molecule has 0 aliphatic rings. The second-order valence-electron chi connectivity index (χ2n) is 5.61. The van der Waals surface area contributed by atoms with Crippen molar-refractivity contribution in [2.45, 2.75) is 27.0 Å². The standard InChI is InChI=1S/C18H19N3OS/c1-12-8-15-16(9-13(12)2)21(10-17(19)23)18(20-15)11-22-14-6-4-3-5-7-14/h3-9H,10-11H2,1-2H3,(H2,19,23). The molecule has 0 fully saturated rings. The molecule has 0 aliphatic heterocycles. The van der Waals surface area contributed by atoms with Crippen LogP contribution in [0.3, 0.4) is 0 Å². The van der Waals surface area contributed by atoms with Gasteiger partial charge in [-0.15, -0.1) is 0 Å². The van der Waals surface area contributed by atoms with E-state index in [0.717, 1.165) is 22.6 Å². The van der Waals surface area contributed by atoms with Crippen LogP contribution in [0, 0.1) is 13.8 Å². The molecule has 0 unspecified atom stereocenters. The van der Waals surface area contributed by atoms with Crippen LogP contribution >= 0.6 is 12.2 Å². The van der Waals surface area contributed by atoms with Crippen LogP contribution < -0.4 is 10.5 Å². The third kappa shape index (κ3) is 3.35. The quantitative estimate of drug-likeness (QED) is 0.729. The minimum absolute atomic E-state index is 0.374. The number of para-hydroxylation sites is 1. The Morgan fingerprint density at radius 3 is 2.57 bits per heavy atom. The highest BCUT2D eigenvalue weighted by Gasteiger charge is 2.13. The van der Waals surface area contributed by atoms with Gasteiger partial charge >= 0.3 is 0 Å². The molecule has 5 heteroatoms. The van der Waals surface area contributed by atoms with E-state index >= 15 is 0 Å². The second kappa shape index (κ2) is 6.38.